The standard InChI is InChI=1S/C8H13N7S/c1-3-6-8(16-14-10-6)5(9)4-7-11-13-15(2)12-7/h5H,3-4,9H2,1-2H3. The fraction of sp³-hybridized carbons (Fsp3) is 0.625. The van der Waals surface area contributed by atoms with Crippen molar-refractivity contribution in [1.29, 1.82) is 0 Å². The maximum Gasteiger partial charge on any atom is 0.176 e. The van der Waals surface area contributed by atoms with Gasteiger partial charge in [0.2, 0.25) is 0 Å². The van der Waals surface area contributed by atoms with Crippen molar-refractivity contribution >= 4 is 11.5 Å². The molecule has 0 saturated carbocycles. The third-order valence-electron chi connectivity index (χ3n) is 2.21. The lowest BCUT2D eigenvalue weighted by atomic mass is 10.1. The molecule has 1 atom stereocenters. The van der Waals surface area contributed by atoms with Gasteiger partial charge in [-0.3, -0.25) is 0 Å². The van der Waals surface area contributed by atoms with Gasteiger partial charge in [0.05, 0.1) is 17.6 Å². The van der Waals surface area contributed by atoms with Crippen LogP contribution >= 0.6 is 11.5 Å². The number of nitrogens with zero attached hydrogens (tertiary/aromatic N) is 6. The number of hydrogen-bond donors (Lipinski definition) is 1. The second kappa shape index (κ2) is 4.62. The second-order valence-electron chi connectivity index (χ2n) is 3.44. The van der Waals surface area contributed by atoms with E-state index in [1.807, 2.05) is 6.92 Å². The van der Waals surface area contributed by atoms with Gasteiger partial charge >= 0.3 is 0 Å². The average Bonchev–Trinajstić information content (AvgIpc) is 2.86. The predicted molar refractivity (Wildman–Crippen MR) is 58.7 cm³/mol. The van der Waals surface area contributed by atoms with Crippen LogP contribution in [0.3, 0.4) is 0 Å². The maximum atomic E-state index is 6.07. The first-order valence-electron chi connectivity index (χ1n) is 5.00. The normalized spacial score (nSPS) is 12.9. The second-order valence-corrected chi connectivity index (χ2v) is 4.23. The third kappa shape index (κ3) is 2.22. The van der Waals surface area contributed by atoms with E-state index in [9.17, 15) is 0 Å². The number of aromatic nitrogens is 6. The van der Waals surface area contributed by atoms with Crippen LogP contribution in [0.15, 0.2) is 0 Å². The van der Waals surface area contributed by atoms with E-state index in [1.165, 1.54) is 16.3 Å². The molecule has 1 unspecified atom stereocenters. The van der Waals surface area contributed by atoms with Crippen LogP contribution in [0.4, 0.5) is 0 Å². The molecule has 2 aromatic heterocycles. The first-order chi connectivity index (χ1) is 7.70. The number of rotatable bonds is 4. The van der Waals surface area contributed by atoms with E-state index in [-0.39, 0.29) is 6.04 Å². The van der Waals surface area contributed by atoms with Crippen LogP contribution in [0.25, 0.3) is 0 Å². The monoisotopic (exact) mass is 239 g/mol. The molecule has 2 rings (SSSR count). The molecule has 7 nitrogen and oxygen atoms in total. The molecule has 86 valence electrons. The SMILES string of the molecule is CCc1nnsc1C(N)Cc1nnn(C)n1. The van der Waals surface area contributed by atoms with Gasteiger partial charge in [-0.2, -0.15) is 4.80 Å². The molecule has 0 aromatic carbocycles. The first-order valence-corrected chi connectivity index (χ1v) is 5.77. The Labute approximate surface area is 96.8 Å². The Morgan fingerprint density at radius 3 is 2.88 bits per heavy atom. The number of nitrogens with two attached hydrogens (primary N) is 1. The van der Waals surface area contributed by atoms with E-state index >= 15 is 0 Å². The highest BCUT2D eigenvalue weighted by Crippen LogP contribution is 2.20. The van der Waals surface area contributed by atoms with Crippen LogP contribution in [-0.2, 0) is 19.9 Å². The molecule has 2 aromatic rings. The summed E-state index contributed by atoms with van der Waals surface area (Å²) >= 11 is 1.34. The summed E-state index contributed by atoms with van der Waals surface area (Å²) in [5, 5.41) is 15.8. The summed E-state index contributed by atoms with van der Waals surface area (Å²) in [6.45, 7) is 2.04. The van der Waals surface area contributed by atoms with E-state index in [2.05, 4.69) is 25.0 Å². The number of hydrogen-bond acceptors (Lipinski definition) is 7. The van der Waals surface area contributed by atoms with Crippen LogP contribution in [0, 0.1) is 0 Å². The van der Waals surface area contributed by atoms with Crippen molar-refractivity contribution in [2.75, 3.05) is 0 Å². The third-order valence-corrected chi connectivity index (χ3v) is 3.11. The van der Waals surface area contributed by atoms with Crippen LogP contribution in [0.5, 0.6) is 0 Å². The van der Waals surface area contributed by atoms with Gasteiger partial charge in [0.1, 0.15) is 0 Å². The molecule has 0 amide bonds. The van der Waals surface area contributed by atoms with Gasteiger partial charge in [-0.25, -0.2) is 0 Å². The Morgan fingerprint density at radius 1 is 1.44 bits per heavy atom. The summed E-state index contributed by atoms with van der Waals surface area (Å²) in [4.78, 5) is 2.43. The highest BCUT2D eigenvalue weighted by Gasteiger charge is 2.17. The fourth-order valence-electron chi connectivity index (χ4n) is 1.44. The predicted octanol–water partition coefficient (Wildman–Crippen LogP) is -0.134. The van der Waals surface area contributed by atoms with Gasteiger partial charge in [-0.15, -0.1) is 15.3 Å². The zero-order valence-electron chi connectivity index (χ0n) is 9.16. The Balaban J connectivity index is 2.11. The fourth-order valence-corrected chi connectivity index (χ4v) is 2.17. The van der Waals surface area contributed by atoms with E-state index in [0.717, 1.165) is 17.0 Å². The molecule has 0 fully saturated rings. The van der Waals surface area contributed by atoms with Crippen molar-refractivity contribution in [3.8, 4) is 0 Å². The van der Waals surface area contributed by atoms with Crippen molar-refractivity contribution in [3.05, 3.63) is 16.4 Å². The smallest absolute Gasteiger partial charge is 0.176 e. The van der Waals surface area contributed by atoms with Crippen LogP contribution in [-0.4, -0.2) is 29.8 Å². The van der Waals surface area contributed by atoms with Crippen molar-refractivity contribution in [2.45, 2.75) is 25.8 Å². The summed E-state index contributed by atoms with van der Waals surface area (Å²) < 4.78 is 3.91. The lowest BCUT2D eigenvalue weighted by Gasteiger charge is -2.06. The Kier molecular flexibility index (Phi) is 3.20. The average molecular weight is 239 g/mol. The maximum absolute atomic E-state index is 6.07. The van der Waals surface area contributed by atoms with Gasteiger partial charge in [0, 0.05) is 12.5 Å². The highest BCUT2D eigenvalue weighted by molar-refractivity contribution is 7.05. The van der Waals surface area contributed by atoms with Crippen molar-refractivity contribution in [3.63, 3.8) is 0 Å². The molecule has 0 aliphatic carbocycles. The van der Waals surface area contributed by atoms with E-state index in [0.29, 0.717) is 12.2 Å². The summed E-state index contributed by atoms with van der Waals surface area (Å²) in [6, 6.07) is -0.154. The molecular formula is C8H13N7S. The highest BCUT2D eigenvalue weighted by atomic mass is 32.1. The minimum absolute atomic E-state index is 0.154. The van der Waals surface area contributed by atoms with Gasteiger partial charge in [-0.05, 0) is 23.2 Å². The topological polar surface area (TPSA) is 95.4 Å². The molecule has 16 heavy (non-hydrogen) atoms. The van der Waals surface area contributed by atoms with E-state index in [1.54, 1.807) is 7.05 Å². The van der Waals surface area contributed by atoms with Crippen LogP contribution in [0.1, 0.15) is 29.4 Å². The van der Waals surface area contributed by atoms with E-state index < -0.39 is 0 Å². The first kappa shape index (κ1) is 11.1. The van der Waals surface area contributed by atoms with Gasteiger partial charge in [0.25, 0.3) is 0 Å². The largest absolute Gasteiger partial charge is 0.323 e. The summed E-state index contributed by atoms with van der Waals surface area (Å²) in [6.07, 6.45) is 1.40. The van der Waals surface area contributed by atoms with Gasteiger partial charge in [0.15, 0.2) is 5.82 Å². The summed E-state index contributed by atoms with van der Waals surface area (Å²) in [5.74, 6) is 0.644. The van der Waals surface area contributed by atoms with E-state index in [4.69, 9.17) is 5.73 Å². The zero-order chi connectivity index (χ0) is 11.5. The molecule has 0 spiro atoms. The summed E-state index contributed by atoms with van der Waals surface area (Å²) in [5.41, 5.74) is 7.03. The van der Waals surface area contributed by atoms with Crippen LogP contribution < -0.4 is 5.73 Å². The molecule has 0 saturated heterocycles. The van der Waals surface area contributed by atoms with Gasteiger partial charge in [-0.1, -0.05) is 11.4 Å². The molecule has 0 bridgehead atoms. The summed E-state index contributed by atoms with van der Waals surface area (Å²) in [7, 11) is 1.73. The molecule has 2 N–H and O–H groups in total. The lowest BCUT2D eigenvalue weighted by Crippen LogP contribution is -2.14. The quantitative estimate of drug-likeness (QED) is 0.798. The molecule has 2 heterocycles. The minimum atomic E-state index is -0.154. The molecule has 8 heteroatoms. The lowest BCUT2D eigenvalue weighted by molar-refractivity contribution is 0.623. The van der Waals surface area contributed by atoms with Crippen molar-refractivity contribution in [1.82, 2.24) is 29.8 Å². The van der Waals surface area contributed by atoms with Crippen LogP contribution in [0.2, 0.25) is 0 Å². The Hall–Kier alpha value is -1.41. The number of aryl methyl sites for hydroxylation is 2. The minimum Gasteiger partial charge on any atom is -0.323 e. The zero-order valence-corrected chi connectivity index (χ0v) is 9.98. The Bertz CT molecular complexity index is 462. The molecule has 0 radical (unpaired) electrons. The molecule has 0 aliphatic heterocycles. The van der Waals surface area contributed by atoms with Gasteiger partial charge < -0.3 is 5.73 Å². The molecular weight excluding hydrogens is 226 g/mol. The van der Waals surface area contributed by atoms with Crippen molar-refractivity contribution < 1.29 is 0 Å². The number of tetrazole rings is 1. The molecule has 0 aliphatic rings. The van der Waals surface area contributed by atoms with Crippen molar-refractivity contribution in [2.24, 2.45) is 12.8 Å². The Morgan fingerprint density at radius 2 is 2.25 bits per heavy atom.